The highest BCUT2D eigenvalue weighted by Gasteiger charge is 2.74. The fourth-order valence-electron chi connectivity index (χ4n) is 18.4. The monoisotopic (exact) mass is 1010 g/mol. The van der Waals surface area contributed by atoms with Gasteiger partial charge in [0, 0.05) is 17.3 Å². The fraction of sp³-hybridized carbons (Fsp3) is 0.413. The molecule has 6 aliphatic carbocycles. The number of unbranched alkanes of at least 4 members (excludes halogenated alkanes) is 6. The molecule has 1 atom stereocenters. The molecule has 0 heterocycles. The summed E-state index contributed by atoms with van der Waals surface area (Å²) in [7, 11) is 0. The van der Waals surface area contributed by atoms with Crippen LogP contribution in [-0.4, -0.2) is 6.29 Å². The van der Waals surface area contributed by atoms with Gasteiger partial charge in [0.15, 0.2) is 0 Å². The van der Waals surface area contributed by atoms with E-state index in [1.165, 1.54) is 181 Å². The van der Waals surface area contributed by atoms with E-state index in [9.17, 15) is 0 Å². The van der Waals surface area contributed by atoms with Gasteiger partial charge < -0.3 is 9.47 Å². The van der Waals surface area contributed by atoms with Crippen LogP contribution in [0.2, 0.25) is 0 Å². The van der Waals surface area contributed by atoms with Gasteiger partial charge in [0.1, 0.15) is 5.75 Å². The van der Waals surface area contributed by atoms with Crippen molar-refractivity contribution in [2.24, 2.45) is 21.7 Å². The first-order valence-electron chi connectivity index (χ1n) is 30.3. The Hall–Kier alpha value is -6.12. The highest BCUT2D eigenvalue weighted by molar-refractivity contribution is 5.91. The van der Waals surface area contributed by atoms with Crippen LogP contribution in [-0.2, 0) is 15.6 Å². The van der Waals surface area contributed by atoms with Crippen molar-refractivity contribution in [3.8, 4) is 72.5 Å². The van der Waals surface area contributed by atoms with Gasteiger partial charge in [-0.3, -0.25) is 0 Å². The predicted molar refractivity (Wildman–Crippen MR) is 322 cm³/mol. The van der Waals surface area contributed by atoms with Crippen molar-refractivity contribution in [1.82, 2.24) is 0 Å². The van der Waals surface area contributed by atoms with E-state index in [1.807, 2.05) is 0 Å². The molecule has 4 fully saturated rings. The van der Waals surface area contributed by atoms with E-state index in [4.69, 9.17) is 9.47 Å². The summed E-state index contributed by atoms with van der Waals surface area (Å²) in [5, 5.41) is 0. The van der Waals surface area contributed by atoms with E-state index >= 15 is 0 Å². The molecule has 77 heavy (non-hydrogen) atoms. The molecule has 2 spiro atoms. The number of hydrogen-bond donors (Lipinski definition) is 0. The maximum Gasteiger partial charge on any atom is 0.240 e. The molecule has 0 saturated heterocycles. The molecule has 394 valence electrons. The number of rotatable bonds is 18. The molecule has 0 aromatic heterocycles. The zero-order valence-electron chi connectivity index (χ0n) is 47.3. The molecule has 2 nitrogen and oxygen atoms in total. The van der Waals surface area contributed by atoms with Crippen LogP contribution >= 0.6 is 0 Å². The molecule has 7 aromatic carbocycles. The van der Waals surface area contributed by atoms with Gasteiger partial charge in [-0.2, -0.15) is 0 Å². The highest BCUT2D eigenvalue weighted by atomic mass is 16.7. The van der Waals surface area contributed by atoms with Crippen molar-refractivity contribution in [3.05, 3.63) is 186 Å². The third-order valence-corrected chi connectivity index (χ3v) is 22.3. The lowest BCUT2D eigenvalue weighted by Crippen LogP contribution is -2.45. The predicted octanol–water partition coefficient (Wildman–Crippen LogP) is 21.2. The summed E-state index contributed by atoms with van der Waals surface area (Å²) in [5.41, 5.74) is 24.9. The van der Waals surface area contributed by atoms with Gasteiger partial charge in [-0.25, -0.2) is 0 Å². The number of benzene rings is 7. The minimum Gasteiger partial charge on any atom is -0.463 e. The van der Waals surface area contributed by atoms with Gasteiger partial charge in [0.25, 0.3) is 0 Å². The lowest BCUT2D eigenvalue weighted by molar-refractivity contribution is -0.0360. The summed E-state index contributed by atoms with van der Waals surface area (Å²) < 4.78 is 12.1. The maximum absolute atomic E-state index is 6.32. The SMILES string of the molecule is C=COC(CCCCCCCCC)Oc1ccc(-c2ccc(-c3ccc4c(c3)C3(c5cc(-c6ccc7c(c6)C6(c8cc(-c9ccc(C)cc9)ccc8-7)C7(CC)CCC6(CC)CC7)ccc5-4)C4(C)CCC3(C)CC4)cc2)cc1. The van der Waals surface area contributed by atoms with Crippen molar-refractivity contribution in [1.29, 1.82) is 0 Å². The van der Waals surface area contributed by atoms with Crippen LogP contribution in [0.5, 0.6) is 5.75 Å². The summed E-state index contributed by atoms with van der Waals surface area (Å²) in [5.74, 6) is 0.827. The average Bonchev–Trinajstić information content (AvgIpc) is 4.27. The summed E-state index contributed by atoms with van der Waals surface area (Å²) >= 11 is 0. The summed E-state index contributed by atoms with van der Waals surface area (Å²) in [4.78, 5) is 0. The first-order valence-corrected chi connectivity index (χ1v) is 30.3. The van der Waals surface area contributed by atoms with Gasteiger partial charge in [0.05, 0.1) is 6.26 Å². The number of aryl methyl sites for hydroxylation is 1. The minimum absolute atomic E-state index is 0.0101. The maximum atomic E-state index is 6.32. The Morgan fingerprint density at radius 3 is 1.19 bits per heavy atom. The molecule has 1 unspecified atom stereocenters. The Morgan fingerprint density at radius 1 is 0.429 bits per heavy atom. The van der Waals surface area contributed by atoms with E-state index in [2.05, 4.69) is 194 Å². The van der Waals surface area contributed by atoms with Gasteiger partial charge in [0.2, 0.25) is 6.29 Å². The van der Waals surface area contributed by atoms with E-state index < -0.39 is 0 Å². The average molecular weight is 1020 g/mol. The minimum atomic E-state index is -0.316. The summed E-state index contributed by atoms with van der Waals surface area (Å²) in [6.45, 7) is 18.6. The van der Waals surface area contributed by atoms with Crippen LogP contribution in [0.1, 0.15) is 178 Å². The van der Waals surface area contributed by atoms with Crippen LogP contribution in [0.3, 0.4) is 0 Å². The Morgan fingerprint density at radius 2 is 0.779 bits per heavy atom. The quantitative estimate of drug-likeness (QED) is 0.0484. The van der Waals surface area contributed by atoms with Gasteiger partial charge in [-0.1, -0.05) is 194 Å². The van der Waals surface area contributed by atoms with Crippen molar-refractivity contribution in [3.63, 3.8) is 0 Å². The van der Waals surface area contributed by atoms with Crippen molar-refractivity contribution in [2.75, 3.05) is 0 Å². The van der Waals surface area contributed by atoms with Crippen LogP contribution in [0.15, 0.2) is 158 Å². The lowest BCUT2D eigenvalue weighted by Gasteiger charge is -2.47. The zero-order chi connectivity index (χ0) is 52.8. The topological polar surface area (TPSA) is 18.5 Å². The highest BCUT2D eigenvalue weighted by Crippen LogP contribution is 2.81. The third kappa shape index (κ3) is 7.31. The fourth-order valence-corrected chi connectivity index (χ4v) is 18.4. The Kier molecular flexibility index (Phi) is 12.5. The molecule has 7 aromatic rings. The summed E-state index contributed by atoms with van der Waals surface area (Å²) in [6.07, 6.45) is 23.8. The van der Waals surface area contributed by atoms with E-state index in [1.54, 1.807) is 22.3 Å². The van der Waals surface area contributed by atoms with Gasteiger partial charge in [-0.05, 0) is 225 Å². The molecule has 6 aliphatic rings. The number of fused-ring (bicyclic) bond motifs is 6. The first kappa shape index (κ1) is 50.4. The molecule has 4 bridgehead atoms. The molecule has 4 saturated carbocycles. The molecule has 0 radical (unpaired) electrons. The Bertz CT molecular complexity index is 3310. The van der Waals surface area contributed by atoms with E-state index in [0.717, 1.165) is 18.6 Å². The molecule has 0 N–H and O–H groups in total. The lowest BCUT2D eigenvalue weighted by atomic mass is 9.55. The van der Waals surface area contributed by atoms with Crippen molar-refractivity contribution in [2.45, 2.75) is 174 Å². The van der Waals surface area contributed by atoms with Crippen molar-refractivity contribution >= 4 is 0 Å². The second kappa shape index (κ2) is 19.1. The van der Waals surface area contributed by atoms with Crippen molar-refractivity contribution < 1.29 is 9.47 Å². The standard InChI is InChI=1S/C75H82O2/c1-8-12-13-14-15-16-17-18-69(76-11-4)77-60-33-27-53(28-34-60)52-23-25-55(26-24-52)56-29-35-61-62-37-31-58(49-66(62)74(65(61)47-56)70(6)39-41-71(74,7)42-40-70)59-32-38-64-63-36-30-57(54-21-19-51(5)20-22-54)48-67(63)75(68(64)50-59)72(9-2)43-45-73(75,10-3)46-44-72/h11,19-38,47-50,69H,4,8-10,12-18,39-46H2,1-3,5-7H3. The molecule has 0 aliphatic heterocycles. The smallest absolute Gasteiger partial charge is 0.240 e. The van der Waals surface area contributed by atoms with Crippen LogP contribution in [0.4, 0.5) is 0 Å². The Labute approximate surface area is 461 Å². The molecule has 0 amide bonds. The van der Waals surface area contributed by atoms with Crippen LogP contribution in [0, 0.1) is 28.6 Å². The zero-order valence-corrected chi connectivity index (χ0v) is 47.3. The molecular formula is C75H82O2. The van der Waals surface area contributed by atoms with Gasteiger partial charge >= 0.3 is 0 Å². The number of ether oxygens (including phenoxy) is 2. The van der Waals surface area contributed by atoms with Crippen LogP contribution in [0.25, 0.3) is 66.8 Å². The number of hydrogen-bond acceptors (Lipinski definition) is 2. The second-order valence-electron chi connectivity index (χ2n) is 25.7. The Balaban J connectivity index is 0.822. The largest absolute Gasteiger partial charge is 0.463 e. The molecule has 13 rings (SSSR count). The molecular weight excluding hydrogens is 933 g/mol. The van der Waals surface area contributed by atoms with E-state index in [-0.39, 0.29) is 38.8 Å². The second-order valence-corrected chi connectivity index (χ2v) is 25.7. The third-order valence-electron chi connectivity index (χ3n) is 22.3. The van der Waals surface area contributed by atoms with Crippen LogP contribution < -0.4 is 4.74 Å². The normalized spacial score (nSPS) is 27.0. The molecule has 2 heteroatoms. The first-order chi connectivity index (χ1) is 37.5. The van der Waals surface area contributed by atoms with E-state index in [0.29, 0.717) is 0 Å². The summed E-state index contributed by atoms with van der Waals surface area (Å²) in [6, 6.07) is 57.6. The van der Waals surface area contributed by atoms with Gasteiger partial charge in [-0.15, -0.1) is 0 Å².